The van der Waals surface area contributed by atoms with Gasteiger partial charge in [0, 0.05) is 31.7 Å². The minimum atomic E-state index is -0.127. The van der Waals surface area contributed by atoms with Gasteiger partial charge in [0.2, 0.25) is 0 Å². The number of hydrogen-bond donors (Lipinski definition) is 1. The van der Waals surface area contributed by atoms with Crippen molar-refractivity contribution in [2.45, 2.75) is 6.54 Å². The molecule has 0 atom stereocenters. The second kappa shape index (κ2) is 5.82. The number of carbonyl (C=O) groups is 1. The zero-order valence-electron chi connectivity index (χ0n) is 10.2. The second-order valence-corrected chi connectivity index (χ2v) is 3.91. The van der Waals surface area contributed by atoms with Crippen molar-refractivity contribution in [3.8, 4) is 0 Å². The molecule has 1 aromatic heterocycles. The summed E-state index contributed by atoms with van der Waals surface area (Å²) in [6, 6.07) is 13.2. The lowest BCUT2D eigenvalue weighted by Crippen LogP contribution is -2.36. The predicted molar refractivity (Wildman–Crippen MR) is 71.3 cm³/mol. The smallest absolute Gasteiger partial charge is 0.321 e. The number of amides is 2. The fourth-order valence-electron chi connectivity index (χ4n) is 1.57. The number of nitrogens with one attached hydrogen (secondary N) is 1. The minimum Gasteiger partial charge on any atom is -0.334 e. The van der Waals surface area contributed by atoms with Gasteiger partial charge < -0.3 is 5.32 Å². The number of aromatic nitrogens is 1. The lowest BCUT2D eigenvalue weighted by molar-refractivity contribution is 0.247. The highest BCUT2D eigenvalue weighted by Gasteiger charge is 2.09. The van der Waals surface area contributed by atoms with E-state index in [4.69, 9.17) is 0 Å². The normalized spacial score (nSPS) is 9.83. The number of hydrogen-bond acceptors (Lipinski definition) is 2. The lowest BCUT2D eigenvalue weighted by atomic mass is 10.3. The molecule has 4 heteroatoms. The van der Waals surface area contributed by atoms with Gasteiger partial charge in [-0.15, -0.1) is 0 Å². The summed E-state index contributed by atoms with van der Waals surface area (Å²) in [4.78, 5) is 17.4. The second-order valence-electron chi connectivity index (χ2n) is 3.91. The molecule has 18 heavy (non-hydrogen) atoms. The van der Waals surface area contributed by atoms with E-state index in [0.717, 1.165) is 11.3 Å². The molecule has 1 aromatic carbocycles. The molecule has 0 saturated carbocycles. The Bertz CT molecular complexity index is 499. The summed E-state index contributed by atoms with van der Waals surface area (Å²) in [5.74, 6) is 0. The quantitative estimate of drug-likeness (QED) is 0.897. The van der Waals surface area contributed by atoms with Gasteiger partial charge in [-0.05, 0) is 29.8 Å². The third-order valence-corrected chi connectivity index (χ3v) is 2.64. The monoisotopic (exact) mass is 241 g/mol. The number of carbonyl (C=O) groups excluding carboxylic acids is 1. The van der Waals surface area contributed by atoms with Crippen molar-refractivity contribution in [1.82, 2.24) is 10.3 Å². The van der Waals surface area contributed by atoms with Crippen LogP contribution in [-0.4, -0.2) is 18.1 Å². The molecular formula is C14H15N3O. The minimum absolute atomic E-state index is 0.127. The Kier molecular flexibility index (Phi) is 3.91. The molecule has 1 heterocycles. The number of para-hydroxylation sites is 1. The first-order valence-electron chi connectivity index (χ1n) is 5.73. The van der Waals surface area contributed by atoms with Crippen LogP contribution < -0.4 is 10.2 Å². The van der Waals surface area contributed by atoms with Gasteiger partial charge in [-0.2, -0.15) is 0 Å². The van der Waals surface area contributed by atoms with Crippen LogP contribution >= 0.6 is 0 Å². The highest BCUT2D eigenvalue weighted by Crippen LogP contribution is 2.10. The summed E-state index contributed by atoms with van der Waals surface area (Å²) in [5.41, 5.74) is 1.89. The first-order valence-corrected chi connectivity index (χ1v) is 5.73. The molecule has 92 valence electrons. The molecule has 0 radical (unpaired) electrons. The van der Waals surface area contributed by atoms with Crippen LogP contribution in [0.5, 0.6) is 0 Å². The molecule has 0 aliphatic heterocycles. The Morgan fingerprint density at radius 2 is 1.83 bits per heavy atom. The van der Waals surface area contributed by atoms with E-state index in [1.165, 1.54) is 0 Å². The maximum Gasteiger partial charge on any atom is 0.321 e. The van der Waals surface area contributed by atoms with Crippen LogP contribution in [0.3, 0.4) is 0 Å². The van der Waals surface area contributed by atoms with E-state index in [2.05, 4.69) is 10.3 Å². The van der Waals surface area contributed by atoms with Crippen LogP contribution in [0.1, 0.15) is 5.56 Å². The molecular weight excluding hydrogens is 226 g/mol. The summed E-state index contributed by atoms with van der Waals surface area (Å²) < 4.78 is 0. The van der Waals surface area contributed by atoms with E-state index in [9.17, 15) is 4.79 Å². The van der Waals surface area contributed by atoms with E-state index < -0.39 is 0 Å². The van der Waals surface area contributed by atoms with Crippen LogP contribution in [-0.2, 0) is 6.54 Å². The standard InChI is InChI=1S/C14H15N3O/c1-17(13-5-3-2-4-6-13)14(18)16-11-12-7-9-15-10-8-12/h2-10H,11H2,1H3,(H,16,18). The maximum atomic E-state index is 11.9. The first-order chi connectivity index (χ1) is 8.77. The third kappa shape index (κ3) is 3.07. The number of benzene rings is 1. The van der Waals surface area contributed by atoms with Crippen molar-refractivity contribution in [1.29, 1.82) is 0 Å². The van der Waals surface area contributed by atoms with Crippen LogP contribution in [0.25, 0.3) is 0 Å². The molecule has 0 saturated heterocycles. The Labute approximate surface area is 106 Å². The van der Waals surface area contributed by atoms with E-state index in [1.807, 2.05) is 42.5 Å². The Balaban J connectivity index is 1.93. The molecule has 0 fully saturated rings. The average Bonchev–Trinajstić information content (AvgIpc) is 2.46. The van der Waals surface area contributed by atoms with Crippen molar-refractivity contribution < 1.29 is 4.79 Å². The maximum absolute atomic E-state index is 11.9. The Morgan fingerprint density at radius 3 is 2.50 bits per heavy atom. The molecule has 0 spiro atoms. The van der Waals surface area contributed by atoms with Gasteiger partial charge in [0.25, 0.3) is 0 Å². The molecule has 4 nitrogen and oxygen atoms in total. The van der Waals surface area contributed by atoms with E-state index >= 15 is 0 Å². The van der Waals surface area contributed by atoms with E-state index in [0.29, 0.717) is 6.54 Å². The topological polar surface area (TPSA) is 45.2 Å². The van der Waals surface area contributed by atoms with Gasteiger partial charge in [0.1, 0.15) is 0 Å². The predicted octanol–water partition coefficient (Wildman–Crippen LogP) is 2.43. The van der Waals surface area contributed by atoms with E-state index in [1.54, 1.807) is 24.3 Å². The van der Waals surface area contributed by atoms with Crippen molar-refractivity contribution in [2.75, 3.05) is 11.9 Å². The molecule has 2 aromatic rings. The highest BCUT2D eigenvalue weighted by molar-refractivity contribution is 5.91. The van der Waals surface area contributed by atoms with Crippen molar-refractivity contribution in [3.63, 3.8) is 0 Å². The molecule has 1 N–H and O–H groups in total. The summed E-state index contributed by atoms with van der Waals surface area (Å²) in [6.07, 6.45) is 3.42. The molecule has 0 unspecified atom stereocenters. The Hall–Kier alpha value is -2.36. The van der Waals surface area contributed by atoms with Crippen LogP contribution in [0.2, 0.25) is 0 Å². The van der Waals surface area contributed by atoms with Crippen molar-refractivity contribution in [2.24, 2.45) is 0 Å². The molecule has 2 amide bonds. The number of nitrogens with zero attached hydrogens (tertiary/aromatic N) is 2. The number of urea groups is 1. The first kappa shape index (κ1) is 12.1. The van der Waals surface area contributed by atoms with Crippen molar-refractivity contribution in [3.05, 3.63) is 60.4 Å². The fraction of sp³-hybridized carbons (Fsp3) is 0.143. The van der Waals surface area contributed by atoms with Gasteiger partial charge in [-0.25, -0.2) is 4.79 Å². The van der Waals surface area contributed by atoms with E-state index in [-0.39, 0.29) is 6.03 Å². The lowest BCUT2D eigenvalue weighted by Gasteiger charge is -2.17. The molecule has 0 bridgehead atoms. The molecule has 0 aliphatic rings. The fourth-order valence-corrected chi connectivity index (χ4v) is 1.57. The number of pyridine rings is 1. The zero-order valence-corrected chi connectivity index (χ0v) is 10.2. The van der Waals surface area contributed by atoms with Gasteiger partial charge in [-0.3, -0.25) is 9.88 Å². The number of rotatable bonds is 3. The van der Waals surface area contributed by atoms with Gasteiger partial charge in [-0.1, -0.05) is 18.2 Å². The summed E-state index contributed by atoms with van der Waals surface area (Å²) >= 11 is 0. The molecule has 0 aliphatic carbocycles. The number of anilines is 1. The largest absolute Gasteiger partial charge is 0.334 e. The Morgan fingerprint density at radius 1 is 1.17 bits per heavy atom. The molecule has 2 rings (SSSR count). The summed E-state index contributed by atoms with van der Waals surface area (Å²) in [5, 5.41) is 2.86. The van der Waals surface area contributed by atoms with Gasteiger partial charge in [0.15, 0.2) is 0 Å². The summed E-state index contributed by atoms with van der Waals surface area (Å²) in [7, 11) is 1.75. The SMILES string of the molecule is CN(C(=O)NCc1ccncc1)c1ccccc1. The highest BCUT2D eigenvalue weighted by atomic mass is 16.2. The van der Waals surface area contributed by atoms with Gasteiger partial charge >= 0.3 is 6.03 Å². The van der Waals surface area contributed by atoms with Gasteiger partial charge in [0.05, 0.1) is 0 Å². The average molecular weight is 241 g/mol. The summed E-state index contributed by atoms with van der Waals surface area (Å²) in [6.45, 7) is 0.499. The van der Waals surface area contributed by atoms with Crippen LogP contribution in [0.15, 0.2) is 54.9 Å². The third-order valence-electron chi connectivity index (χ3n) is 2.64. The zero-order chi connectivity index (χ0) is 12.8. The van der Waals surface area contributed by atoms with Crippen LogP contribution in [0, 0.1) is 0 Å². The van der Waals surface area contributed by atoms with Crippen LogP contribution in [0.4, 0.5) is 10.5 Å². The van der Waals surface area contributed by atoms with Crippen molar-refractivity contribution >= 4 is 11.7 Å².